The topological polar surface area (TPSA) is 84.0 Å². The summed E-state index contributed by atoms with van der Waals surface area (Å²) in [6.07, 6.45) is 2.52. The van der Waals surface area contributed by atoms with Crippen LogP contribution in [-0.4, -0.2) is 38.2 Å². The second-order valence-electron chi connectivity index (χ2n) is 5.02. The molecule has 1 aliphatic heterocycles. The van der Waals surface area contributed by atoms with Gasteiger partial charge in [0.2, 0.25) is 0 Å². The maximum Gasteiger partial charge on any atom is 0.410 e. The van der Waals surface area contributed by atoms with E-state index in [2.05, 4.69) is 20.6 Å². The fourth-order valence-corrected chi connectivity index (χ4v) is 2.53. The van der Waals surface area contributed by atoms with Gasteiger partial charge in [-0.25, -0.2) is 4.79 Å². The number of likely N-dealkylation sites (tertiary alicyclic amines) is 1. The van der Waals surface area contributed by atoms with Crippen LogP contribution in [0.5, 0.6) is 0 Å². The quantitative estimate of drug-likeness (QED) is 0.934. The lowest BCUT2D eigenvalue weighted by atomic mass is 10.0. The molecular weight excluding hydrogens is 270 g/mol. The minimum Gasteiger partial charge on any atom is -0.445 e. The Morgan fingerprint density at radius 3 is 2.95 bits per heavy atom. The van der Waals surface area contributed by atoms with Crippen molar-refractivity contribution in [1.82, 2.24) is 25.5 Å². The van der Waals surface area contributed by atoms with Crippen LogP contribution in [0.25, 0.3) is 0 Å². The summed E-state index contributed by atoms with van der Waals surface area (Å²) in [6, 6.07) is 9.49. The second-order valence-corrected chi connectivity index (χ2v) is 5.02. The molecule has 1 aromatic carbocycles. The number of carbonyl (C=O) groups is 1. The number of hydrogen-bond donors (Lipinski definition) is 1. The first-order valence-corrected chi connectivity index (χ1v) is 7.05. The van der Waals surface area contributed by atoms with Gasteiger partial charge in [0.25, 0.3) is 0 Å². The number of aromatic amines is 1. The molecule has 0 radical (unpaired) electrons. The molecule has 2 aromatic rings. The third-order valence-corrected chi connectivity index (χ3v) is 3.60. The number of hydrogen-bond acceptors (Lipinski definition) is 5. The molecule has 0 spiro atoms. The van der Waals surface area contributed by atoms with Crippen LogP contribution in [0, 0.1) is 0 Å². The monoisotopic (exact) mass is 287 g/mol. The lowest BCUT2D eigenvalue weighted by Gasteiger charge is -2.32. The summed E-state index contributed by atoms with van der Waals surface area (Å²) in [6.45, 7) is 0.933. The number of ether oxygens (including phenoxy) is 1. The van der Waals surface area contributed by atoms with Crippen molar-refractivity contribution in [1.29, 1.82) is 0 Å². The molecule has 110 valence electrons. The standard InChI is InChI=1S/C14H17N5O2/c20-14(21-10-11-6-2-1-3-7-11)19-9-5-4-8-12(19)13-15-17-18-16-13/h1-3,6-7,12H,4-5,8-10H2,(H,15,16,17,18). The van der Waals surface area contributed by atoms with Gasteiger partial charge in [-0.05, 0) is 24.8 Å². The Morgan fingerprint density at radius 2 is 2.19 bits per heavy atom. The van der Waals surface area contributed by atoms with Crippen molar-refractivity contribution in [3.8, 4) is 0 Å². The van der Waals surface area contributed by atoms with Crippen LogP contribution in [0.4, 0.5) is 4.79 Å². The highest BCUT2D eigenvalue weighted by Gasteiger charge is 2.31. The Labute approximate surface area is 122 Å². The van der Waals surface area contributed by atoms with Gasteiger partial charge in [-0.3, -0.25) is 4.90 Å². The Bertz CT molecular complexity index is 572. The minimum atomic E-state index is -0.326. The summed E-state index contributed by atoms with van der Waals surface area (Å²) >= 11 is 0. The van der Waals surface area contributed by atoms with Gasteiger partial charge >= 0.3 is 6.09 Å². The molecule has 1 aromatic heterocycles. The van der Waals surface area contributed by atoms with E-state index in [1.165, 1.54) is 0 Å². The molecule has 1 fully saturated rings. The number of rotatable bonds is 3. The van der Waals surface area contributed by atoms with Gasteiger partial charge in [0.1, 0.15) is 6.61 Å². The molecular formula is C14H17N5O2. The summed E-state index contributed by atoms with van der Waals surface area (Å²) in [7, 11) is 0. The zero-order chi connectivity index (χ0) is 14.5. The Morgan fingerprint density at radius 1 is 1.33 bits per heavy atom. The van der Waals surface area contributed by atoms with Crippen molar-refractivity contribution in [2.24, 2.45) is 0 Å². The summed E-state index contributed by atoms with van der Waals surface area (Å²) < 4.78 is 5.40. The highest BCUT2D eigenvalue weighted by atomic mass is 16.6. The average Bonchev–Trinajstić information content (AvgIpc) is 3.08. The van der Waals surface area contributed by atoms with Gasteiger partial charge < -0.3 is 4.74 Å². The first kappa shape index (κ1) is 13.5. The number of nitrogens with zero attached hydrogens (tertiary/aromatic N) is 4. The smallest absolute Gasteiger partial charge is 0.410 e. The first-order chi connectivity index (χ1) is 10.3. The van der Waals surface area contributed by atoms with Crippen molar-refractivity contribution in [3.63, 3.8) is 0 Å². The Hall–Kier alpha value is -2.44. The Kier molecular flexibility index (Phi) is 4.09. The maximum atomic E-state index is 12.3. The molecule has 1 N–H and O–H groups in total. The zero-order valence-corrected chi connectivity index (χ0v) is 11.6. The number of H-pyrrole nitrogens is 1. The number of piperidine rings is 1. The average molecular weight is 287 g/mol. The third kappa shape index (κ3) is 3.18. The molecule has 1 saturated heterocycles. The molecule has 1 atom stereocenters. The number of nitrogens with one attached hydrogen (secondary N) is 1. The van der Waals surface area contributed by atoms with Crippen molar-refractivity contribution >= 4 is 6.09 Å². The van der Waals surface area contributed by atoms with E-state index in [1.807, 2.05) is 30.3 Å². The number of tetrazole rings is 1. The SMILES string of the molecule is O=C(OCc1ccccc1)N1CCCCC1c1nn[nH]n1. The molecule has 0 bridgehead atoms. The summed E-state index contributed by atoms with van der Waals surface area (Å²) in [5.74, 6) is 0.548. The van der Waals surface area contributed by atoms with Crippen LogP contribution < -0.4 is 0 Å². The third-order valence-electron chi connectivity index (χ3n) is 3.60. The predicted molar refractivity (Wildman–Crippen MR) is 74.1 cm³/mol. The van der Waals surface area contributed by atoms with Crippen LogP contribution in [0.2, 0.25) is 0 Å². The van der Waals surface area contributed by atoms with E-state index in [1.54, 1.807) is 4.90 Å². The lowest BCUT2D eigenvalue weighted by Crippen LogP contribution is -2.39. The molecule has 1 amide bonds. The van der Waals surface area contributed by atoms with Crippen molar-refractivity contribution in [2.45, 2.75) is 31.9 Å². The van der Waals surface area contributed by atoms with Gasteiger partial charge in [-0.2, -0.15) is 5.21 Å². The van der Waals surface area contributed by atoms with Crippen LogP contribution in [0.1, 0.15) is 36.7 Å². The fraction of sp³-hybridized carbons (Fsp3) is 0.429. The summed E-state index contributed by atoms with van der Waals surface area (Å²) in [5.41, 5.74) is 0.971. The van der Waals surface area contributed by atoms with Crippen LogP contribution in [0.3, 0.4) is 0 Å². The van der Waals surface area contributed by atoms with E-state index < -0.39 is 0 Å². The van der Waals surface area contributed by atoms with E-state index >= 15 is 0 Å². The Balaban J connectivity index is 1.64. The molecule has 0 saturated carbocycles. The maximum absolute atomic E-state index is 12.3. The van der Waals surface area contributed by atoms with E-state index in [9.17, 15) is 4.79 Å². The largest absolute Gasteiger partial charge is 0.445 e. The summed E-state index contributed by atoms with van der Waals surface area (Å²) in [4.78, 5) is 14.0. The van der Waals surface area contributed by atoms with Crippen molar-refractivity contribution < 1.29 is 9.53 Å². The zero-order valence-electron chi connectivity index (χ0n) is 11.6. The van der Waals surface area contributed by atoms with Crippen LogP contribution in [0.15, 0.2) is 30.3 Å². The molecule has 1 aliphatic rings. The minimum absolute atomic E-state index is 0.152. The highest BCUT2D eigenvalue weighted by molar-refractivity contribution is 5.68. The normalized spacial score (nSPS) is 18.5. The number of aromatic nitrogens is 4. The van der Waals surface area contributed by atoms with E-state index in [0.29, 0.717) is 12.4 Å². The molecule has 7 nitrogen and oxygen atoms in total. The molecule has 0 aliphatic carbocycles. The van der Waals surface area contributed by atoms with Gasteiger partial charge in [0.15, 0.2) is 5.82 Å². The fourth-order valence-electron chi connectivity index (χ4n) is 2.53. The van der Waals surface area contributed by atoms with Crippen LogP contribution >= 0.6 is 0 Å². The lowest BCUT2D eigenvalue weighted by molar-refractivity contribution is 0.0658. The number of carbonyl (C=O) groups excluding carboxylic acids is 1. The highest BCUT2D eigenvalue weighted by Crippen LogP contribution is 2.28. The molecule has 7 heteroatoms. The number of amides is 1. The summed E-state index contributed by atoms with van der Waals surface area (Å²) in [5, 5.41) is 14.0. The molecule has 2 heterocycles. The van der Waals surface area contributed by atoms with Crippen molar-refractivity contribution in [2.75, 3.05) is 6.54 Å². The van der Waals surface area contributed by atoms with Gasteiger partial charge in [-0.1, -0.05) is 35.5 Å². The second kappa shape index (κ2) is 6.34. The predicted octanol–water partition coefficient (Wildman–Crippen LogP) is 2.06. The van der Waals surface area contributed by atoms with E-state index in [-0.39, 0.29) is 18.7 Å². The molecule has 21 heavy (non-hydrogen) atoms. The van der Waals surface area contributed by atoms with Crippen LogP contribution in [-0.2, 0) is 11.3 Å². The number of benzene rings is 1. The van der Waals surface area contributed by atoms with E-state index in [0.717, 1.165) is 24.8 Å². The van der Waals surface area contributed by atoms with Gasteiger partial charge in [0, 0.05) is 6.54 Å². The van der Waals surface area contributed by atoms with E-state index in [4.69, 9.17) is 4.74 Å². The molecule has 1 unspecified atom stereocenters. The van der Waals surface area contributed by atoms with Gasteiger partial charge in [-0.15, -0.1) is 10.2 Å². The van der Waals surface area contributed by atoms with Crippen molar-refractivity contribution in [3.05, 3.63) is 41.7 Å². The first-order valence-electron chi connectivity index (χ1n) is 7.05. The molecule has 3 rings (SSSR count). The van der Waals surface area contributed by atoms with Gasteiger partial charge in [0.05, 0.1) is 6.04 Å².